The molecule has 4 rings (SSSR count). The molecule has 2 aromatic carbocycles. The number of nitrogens with zero attached hydrogens (tertiary/aromatic N) is 2. The lowest BCUT2D eigenvalue weighted by atomic mass is 10.0. The van der Waals surface area contributed by atoms with Gasteiger partial charge in [-0.05, 0) is 36.4 Å². The highest BCUT2D eigenvalue weighted by atomic mass is 35.5. The van der Waals surface area contributed by atoms with Gasteiger partial charge in [0.15, 0.2) is 5.78 Å². The zero-order chi connectivity index (χ0) is 22.2. The fourth-order valence-corrected chi connectivity index (χ4v) is 4.44. The summed E-state index contributed by atoms with van der Waals surface area (Å²) in [5.74, 6) is -1.50. The molecule has 0 fully saturated rings. The van der Waals surface area contributed by atoms with Gasteiger partial charge in [0.2, 0.25) is 0 Å². The molecule has 0 saturated heterocycles. The summed E-state index contributed by atoms with van der Waals surface area (Å²) in [4.78, 5) is 19.6. The van der Waals surface area contributed by atoms with Gasteiger partial charge in [-0.2, -0.15) is 5.26 Å². The first kappa shape index (κ1) is 20.5. The molecule has 0 atom stereocenters. The molecule has 31 heavy (non-hydrogen) atoms. The molecule has 4 aromatic rings. The standard InChI is InChI=1S/C21H12ClFN4O3S/c22-13-7-15-17(11-26-21(15)25-10-13)20(28)16-8-14(5-6-18(16)23)27-31(29,30)19-4-2-1-3-12(19)9-24/h1-8,10-11,27H,(H,25,26). The molecule has 2 N–H and O–H groups in total. The van der Waals surface area contributed by atoms with Crippen molar-refractivity contribution in [1.29, 1.82) is 5.26 Å². The van der Waals surface area contributed by atoms with Crippen LogP contribution in [0.1, 0.15) is 21.5 Å². The highest BCUT2D eigenvalue weighted by Gasteiger charge is 2.22. The monoisotopic (exact) mass is 454 g/mol. The smallest absolute Gasteiger partial charge is 0.263 e. The first-order valence-corrected chi connectivity index (χ1v) is 10.6. The van der Waals surface area contributed by atoms with E-state index in [2.05, 4.69) is 14.7 Å². The molecule has 2 aromatic heterocycles. The van der Waals surface area contributed by atoms with E-state index >= 15 is 0 Å². The third kappa shape index (κ3) is 3.86. The summed E-state index contributed by atoms with van der Waals surface area (Å²) in [6.07, 6.45) is 2.79. The lowest BCUT2D eigenvalue weighted by Gasteiger charge is -2.11. The number of nitriles is 1. The van der Waals surface area contributed by atoms with E-state index in [1.54, 1.807) is 0 Å². The second kappa shape index (κ2) is 7.83. The Hall–Kier alpha value is -3.74. The topological polar surface area (TPSA) is 116 Å². The lowest BCUT2D eigenvalue weighted by Crippen LogP contribution is -2.15. The lowest BCUT2D eigenvalue weighted by molar-refractivity contribution is 0.103. The van der Waals surface area contributed by atoms with Crippen LogP contribution < -0.4 is 4.72 Å². The van der Waals surface area contributed by atoms with Gasteiger partial charge in [0.1, 0.15) is 22.4 Å². The number of fused-ring (bicyclic) bond motifs is 1. The van der Waals surface area contributed by atoms with Gasteiger partial charge in [-0.25, -0.2) is 17.8 Å². The minimum absolute atomic E-state index is 0.0338. The number of sulfonamides is 1. The molecule has 0 aliphatic heterocycles. The van der Waals surface area contributed by atoms with Gasteiger partial charge in [0.25, 0.3) is 10.0 Å². The third-order valence-corrected chi connectivity index (χ3v) is 6.15. The molecule has 0 unspecified atom stereocenters. The maximum Gasteiger partial charge on any atom is 0.263 e. The number of H-pyrrole nitrogens is 1. The number of nitrogens with one attached hydrogen (secondary N) is 2. The van der Waals surface area contributed by atoms with E-state index in [0.29, 0.717) is 16.1 Å². The number of aromatic nitrogens is 2. The van der Waals surface area contributed by atoms with E-state index in [1.807, 2.05) is 6.07 Å². The Morgan fingerprint density at radius 2 is 1.94 bits per heavy atom. The van der Waals surface area contributed by atoms with Gasteiger partial charge in [-0.3, -0.25) is 9.52 Å². The van der Waals surface area contributed by atoms with Gasteiger partial charge in [0, 0.05) is 29.0 Å². The van der Waals surface area contributed by atoms with Crippen molar-refractivity contribution in [2.75, 3.05) is 4.72 Å². The summed E-state index contributed by atoms with van der Waals surface area (Å²) < 4.78 is 42.2. The van der Waals surface area contributed by atoms with Gasteiger partial charge < -0.3 is 4.98 Å². The molecule has 0 aliphatic rings. The molecule has 154 valence electrons. The number of anilines is 1. The van der Waals surface area contributed by atoms with Crippen molar-refractivity contribution in [2.24, 2.45) is 0 Å². The summed E-state index contributed by atoms with van der Waals surface area (Å²) in [6, 6.07) is 12.3. The predicted molar refractivity (Wildman–Crippen MR) is 113 cm³/mol. The highest BCUT2D eigenvalue weighted by molar-refractivity contribution is 7.92. The molecule has 0 radical (unpaired) electrons. The van der Waals surface area contributed by atoms with Crippen LogP contribution >= 0.6 is 11.6 Å². The van der Waals surface area contributed by atoms with Crippen LogP contribution in [0.25, 0.3) is 11.0 Å². The molecule has 0 spiro atoms. The quantitative estimate of drug-likeness (QED) is 0.437. The van der Waals surface area contributed by atoms with Crippen molar-refractivity contribution in [3.63, 3.8) is 0 Å². The molecule has 0 bridgehead atoms. The highest BCUT2D eigenvalue weighted by Crippen LogP contribution is 2.26. The number of carbonyl (C=O) groups is 1. The normalized spacial score (nSPS) is 11.3. The van der Waals surface area contributed by atoms with E-state index in [9.17, 15) is 17.6 Å². The fraction of sp³-hybridized carbons (Fsp3) is 0. The van der Waals surface area contributed by atoms with Crippen LogP contribution in [0.5, 0.6) is 0 Å². The molecular formula is C21H12ClFN4O3S. The average Bonchev–Trinajstić information content (AvgIpc) is 3.17. The van der Waals surface area contributed by atoms with Gasteiger partial charge >= 0.3 is 0 Å². The van der Waals surface area contributed by atoms with E-state index in [-0.39, 0.29) is 27.3 Å². The number of ketones is 1. The fourth-order valence-electron chi connectivity index (χ4n) is 3.08. The largest absolute Gasteiger partial charge is 0.345 e. The number of pyridine rings is 1. The summed E-state index contributed by atoms with van der Waals surface area (Å²) in [7, 11) is -4.15. The Morgan fingerprint density at radius 1 is 1.16 bits per heavy atom. The van der Waals surface area contributed by atoms with Crippen LogP contribution in [0.4, 0.5) is 10.1 Å². The van der Waals surface area contributed by atoms with E-state index in [1.165, 1.54) is 48.8 Å². The van der Waals surface area contributed by atoms with Crippen molar-refractivity contribution in [1.82, 2.24) is 9.97 Å². The van der Waals surface area contributed by atoms with E-state index < -0.39 is 21.6 Å². The number of carbonyl (C=O) groups excluding carboxylic acids is 1. The van der Waals surface area contributed by atoms with Gasteiger partial charge in [-0.15, -0.1) is 0 Å². The van der Waals surface area contributed by atoms with Crippen LogP contribution in [0.2, 0.25) is 5.02 Å². The number of halogens is 2. The number of rotatable bonds is 5. The van der Waals surface area contributed by atoms with Crippen LogP contribution in [0.3, 0.4) is 0 Å². The third-order valence-electron chi connectivity index (χ3n) is 4.50. The van der Waals surface area contributed by atoms with Crippen LogP contribution in [-0.2, 0) is 10.0 Å². The number of benzene rings is 2. The molecule has 0 amide bonds. The van der Waals surface area contributed by atoms with Crippen molar-refractivity contribution < 1.29 is 17.6 Å². The maximum absolute atomic E-state index is 14.5. The Kier molecular flexibility index (Phi) is 5.19. The molecule has 0 saturated carbocycles. The Bertz CT molecular complexity index is 1490. The summed E-state index contributed by atoms with van der Waals surface area (Å²) in [5, 5.41) is 9.87. The minimum atomic E-state index is -4.15. The molecule has 0 aliphatic carbocycles. The van der Waals surface area contributed by atoms with Crippen molar-refractivity contribution >= 4 is 44.1 Å². The Balaban J connectivity index is 1.73. The number of hydrogen-bond acceptors (Lipinski definition) is 5. The number of hydrogen-bond donors (Lipinski definition) is 2. The molecule has 7 nitrogen and oxygen atoms in total. The van der Waals surface area contributed by atoms with E-state index in [0.717, 1.165) is 12.1 Å². The van der Waals surface area contributed by atoms with Crippen molar-refractivity contribution in [3.05, 3.63) is 88.5 Å². The Labute approximate surface area is 181 Å². The average molecular weight is 455 g/mol. The zero-order valence-corrected chi connectivity index (χ0v) is 17.1. The predicted octanol–water partition coefficient (Wildman–Crippen LogP) is 4.26. The van der Waals surface area contributed by atoms with Crippen LogP contribution in [-0.4, -0.2) is 24.2 Å². The number of aromatic amines is 1. The van der Waals surface area contributed by atoms with Gasteiger partial charge in [-0.1, -0.05) is 23.7 Å². The zero-order valence-electron chi connectivity index (χ0n) is 15.6. The van der Waals surface area contributed by atoms with Gasteiger partial charge in [0.05, 0.1) is 16.1 Å². The summed E-state index contributed by atoms with van der Waals surface area (Å²) >= 11 is 5.95. The summed E-state index contributed by atoms with van der Waals surface area (Å²) in [6.45, 7) is 0. The first-order chi connectivity index (χ1) is 14.8. The van der Waals surface area contributed by atoms with Crippen LogP contribution in [0, 0.1) is 17.1 Å². The van der Waals surface area contributed by atoms with Crippen molar-refractivity contribution in [3.8, 4) is 6.07 Å². The van der Waals surface area contributed by atoms with E-state index in [4.69, 9.17) is 16.9 Å². The SMILES string of the molecule is N#Cc1ccccc1S(=O)(=O)Nc1ccc(F)c(C(=O)c2c[nH]c3ncc(Cl)cc23)c1. The van der Waals surface area contributed by atoms with Crippen molar-refractivity contribution in [2.45, 2.75) is 4.90 Å². The second-order valence-corrected chi connectivity index (χ2v) is 8.58. The molecule has 2 heterocycles. The summed E-state index contributed by atoms with van der Waals surface area (Å²) in [5.41, 5.74) is 0.122. The van der Waals surface area contributed by atoms with Crippen LogP contribution in [0.15, 0.2) is 65.8 Å². The Morgan fingerprint density at radius 3 is 2.71 bits per heavy atom. The maximum atomic E-state index is 14.5. The second-order valence-electron chi connectivity index (χ2n) is 6.49. The molecule has 10 heteroatoms. The first-order valence-electron chi connectivity index (χ1n) is 8.79. The minimum Gasteiger partial charge on any atom is -0.345 e. The molecular weight excluding hydrogens is 443 g/mol.